The largest absolute Gasteiger partial charge is 0.338 e. The Morgan fingerprint density at radius 2 is 1.81 bits per heavy atom. The second kappa shape index (κ2) is 7.58. The third kappa shape index (κ3) is 3.65. The van der Waals surface area contributed by atoms with Gasteiger partial charge in [-0.05, 0) is 44.4 Å². The quantitative estimate of drug-likeness (QED) is 0.722. The fourth-order valence-electron chi connectivity index (χ4n) is 3.51. The molecule has 3 rings (SSSR count). The number of benzene rings is 2. The molecule has 0 radical (unpaired) electrons. The summed E-state index contributed by atoms with van der Waals surface area (Å²) in [5, 5.41) is 0.114. The number of halogens is 2. The van der Waals surface area contributed by atoms with Crippen LogP contribution >= 0.6 is 11.6 Å². The summed E-state index contributed by atoms with van der Waals surface area (Å²) in [6.45, 7) is 4.79. The molecule has 0 bridgehead atoms. The van der Waals surface area contributed by atoms with Gasteiger partial charge < -0.3 is 4.90 Å². The van der Waals surface area contributed by atoms with E-state index in [1.807, 2.05) is 32.0 Å². The molecule has 1 fully saturated rings. The Morgan fingerprint density at radius 3 is 2.42 bits per heavy atom. The zero-order valence-corrected chi connectivity index (χ0v) is 15.6. The van der Waals surface area contributed by atoms with E-state index in [1.165, 1.54) is 18.2 Å². The minimum absolute atomic E-state index is 0.0895. The Labute approximate surface area is 157 Å². The molecule has 0 atom stereocenters. The number of ketones is 1. The number of carbonyl (C=O) groups excluding carboxylic acids is 2. The van der Waals surface area contributed by atoms with Gasteiger partial charge in [0.25, 0.3) is 5.91 Å². The maximum Gasteiger partial charge on any atom is 0.258 e. The van der Waals surface area contributed by atoms with Gasteiger partial charge in [-0.3, -0.25) is 9.59 Å². The summed E-state index contributed by atoms with van der Waals surface area (Å²) in [6.07, 6.45) is 1.15. The number of piperidine rings is 1. The van der Waals surface area contributed by atoms with Crippen molar-refractivity contribution in [2.75, 3.05) is 13.1 Å². The van der Waals surface area contributed by atoms with Crippen molar-refractivity contribution >= 4 is 23.3 Å². The van der Waals surface area contributed by atoms with Crippen molar-refractivity contribution in [1.29, 1.82) is 0 Å². The van der Waals surface area contributed by atoms with E-state index < -0.39 is 11.7 Å². The summed E-state index contributed by atoms with van der Waals surface area (Å²) in [5.74, 6) is -1.02. The number of likely N-dealkylation sites (tertiary alicyclic amines) is 1. The van der Waals surface area contributed by atoms with Gasteiger partial charge in [-0.1, -0.05) is 41.4 Å². The van der Waals surface area contributed by atoms with Gasteiger partial charge in [0.1, 0.15) is 5.82 Å². The van der Waals surface area contributed by atoms with Crippen molar-refractivity contribution in [1.82, 2.24) is 4.90 Å². The van der Waals surface area contributed by atoms with Crippen LogP contribution in [0.3, 0.4) is 0 Å². The number of Topliss-reactive ketones (excluding diaryl/α,β-unsaturated/α-hetero) is 1. The number of hydrogen-bond acceptors (Lipinski definition) is 2. The lowest BCUT2D eigenvalue weighted by molar-refractivity contribution is 0.0646. The van der Waals surface area contributed by atoms with Crippen molar-refractivity contribution in [2.24, 2.45) is 5.92 Å². The summed E-state index contributed by atoms with van der Waals surface area (Å²) < 4.78 is 14.0. The van der Waals surface area contributed by atoms with Crippen molar-refractivity contribution < 1.29 is 14.0 Å². The topological polar surface area (TPSA) is 37.4 Å². The Hall–Kier alpha value is -2.20. The Kier molecular flexibility index (Phi) is 5.42. The van der Waals surface area contributed by atoms with Gasteiger partial charge in [0.2, 0.25) is 0 Å². The molecule has 2 aromatic rings. The minimum atomic E-state index is -0.615. The molecule has 0 aliphatic carbocycles. The number of carbonyl (C=O) groups is 2. The lowest BCUT2D eigenvalue weighted by atomic mass is 9.87. The van der Waals surface area contributed by atoms with E-state index in [0.717, 1.165) is 16.7 Å². The average Bonchev–Trinajstić information content (AvgIpc) is 2.61. The van der Waals surface area contributed by atoms with Crippen molar-refractivity contribution in [3.05, 3.63) is 69.5 Å². The predicted octanol–water partition coefficient (Wildman–Crippen LogP) is 4.83. The van der Waals surface area contributed by atoms with Crippen LogP contribution < -0.4 is 0 Å². The molecule has 1 amide bonds. The molecule has 3 nitrogen and oxygen atoms in total. The van der Waals surface area contributed by atoms with E-state index in [-0.39, 0.29) is 22.3 Å². The molecule has 2 aromatic carbocycles. The van der Waals surface area contributed by atoms with Crippen LogP contribution in [0.5, 0.6) is 0 Å². The van der Waals surface area contributed by atoms with Gasteiger partial charge in [-0.2, -0.15) is 0 Å². The third-order valence-electron chi connectivity index (χ3n) is 4.98. The van der Waals surface area contributed by atoms with Crippen LogP contribution in [0.15, 0.2) is 36.4 Å². The average molecular weight is 374 g/mol. The molecule has 0 aromatic heterocycles. The molecular formula is C21H21ClFNO2. The SMILES string of the molecule is Cc1ccc(C(=O)C2CCN(C(=O)c3c(F)cccc3Cl)CC2)c(C)c1. The zero-order valence-electron chi connectivity index (χ0n) is 14.9. The standard InChI is InChI=1S/C21H21ClFNO2/c1-13-6-7-16(14(2)12-13)20(25)15-8-10-24(11-9-15)21(26)19-17(22)4-3-5-18(19)23/h3-7,12,15H,8-11H2,1-2H3. The van der Waals surface area contributed by atoms with Crippen molar-refractivity contribution in [2.45, 2.75) is 26.7 Å². The lowest BCUT2D eigenvalue weighted by Gasteiger charge is -2.32. The van der Waals surface area contributed by atoms with Crippen LogP contribution in [0.25, 0.3) is 0 Å². The number of nitrogens with zero attached hydrogens (tertiary/aromatic N) is 1. The molecule has 0 unspecified atom stereocenters. The van der Waals surface area contributed by atoms with Gasteiger partial charge in [-0.25, -0.2) is 4.39 Å². The molecule has 0 spiro atoms. The van der Waals surface area contributed by atoms with Gasteiger partial charge in [-0.15, -0.1) is 0 Å². The third-order valence-corrected chi connectivity index (χ3v) is 5.29. The highest BCUT2D eigenvalue weighted by Crippen LogP contribution is 2.27. The normalized spacial score (nSPS) is 15.2. The second-order valence-corrected chi connectivity index (χ2v) is 7.25. The van der Waals surface area contributed by atoms with Crippen LogP contribution in [0.4, 0.5) is 4.39 Å². The van der Waals surface area contributed by atoms with E-state index in [2.05, 4.69) is 0 Å². The van der Waals surface area contributed by atoms with Crippen molar-refractivity contribution in [3.8, 4) is 0 Å². The molecule has 1 heterocycles. The van der Waals surface area contributed by atoms with Gasteiger partial charge in [0, 0.05) is 24.6 Å². The maximum absolute atomic E-state index is 14.0. The second-order valence-electron chi connectivity index (χ2n) is 6.85. The van der Waals surface area contributed by atoms with E-state index in [9.17, 15) is 14.0 Å². The van der Waals surface area contributed by atoms with Gasteiger partial charge in [0.05, 0.1) is 10.6 Å². The molecule has 1 saturated heterocycles. The van der Waals surface area contributed by atoms with E-state index in [0.29, 0.717) is 25.9 Å². The molecule has 0 saturated carbocycles. The number of hydrogen-bond donors (Lipinski definition) is 0. The predicted molar refractivity (Wildman–Crippen MR) is 100 cm³/mol. The maximum atomic E-state index is 14.0. The highest BCUT2D eigenvalue weighted by Gasteiger charge is 2.30. The zero-order chi connectivity index (χ0) is 18.8. The number of aryl methyl sites for hydroxylation is 2. The van der Waals surface area contributed by atoms with Crippen molar-refractivity contribution in [3.63, 3.8) is 0 Å². The Bertz CT molecular complexity index is 837. The Morgan fingerprint density at radius 1 is 1.12 bits per heavy atom. The van der Waals surface area contributed by atoms with E-state index in [1.54, 1.807) is 4.90 Å². The highest BCUT2D eigenvalue weighted by molar-refractivity contribution is 6.33. The van der Waals surface area contributed by atoms with Gasteiger partial charge >= 0.3 is 0 Å². The molecule has 0 N–H and O–H groups in total. The fraction of sp³-hybridized carbons (Fsp3) is 0.333. The summed E-state index contributed by atoms with van der Waals surface area (Å²) in [6, 6.07) is 10.0. The van der Waals surface area contributed by atoms with Crippen LogP contribution in [0.1, 0.15) is 44.7 Å². The number of rotatable bonds is 3. The molecular weight excluding hydrogens is 353 g/mol. The smallest absolute Gasteiger partial charge is 0.258 e. The highest BCUT2D eigenvalue weighted by atomic mass is 35.5. The fourth-order valence-corrected chi connectivity index (χ4v) is 3.76. The molecule has 136 valence electrons. The van der Waals surface area contributed by atoms with Crippen LogP contribution in [0, 0.1) is 25.6 Å². The van der Waals surface area contributed by atoms with Crippen LogP contribution in [-0.4, -0.2) is 29.7 Å². The Balaban J connectivity index is 1.69. The molecule has 5 heteroatoms. The molecule has 26 heavy (non-hydrogen) atoms. The van der Waals surface area contributed by atoms with Gasteiger partial charge in [0.15, 0.2) is 5.78 Å². The van der Waals surface area contributed by atoms with E-state index >= 15 is 0 Å². The first kappa shape index (κ1) is 18.6. The minimum Gasteiger partial charge on any atom is -0.338 e. The summed E-state index contributed by atoms with van der Waals surface area (Å²) in [7, 11) is 0. The summed E-state index contributed by atoms with van der Waals surface area (Å²) >= 11 is 5.99. The molecule has 1 aliphatic heterocycles. The lowest BCUT2D eigenvalue weighted by Crippen LogP contribution is -2.40. The first-order valence-electron chi connectivity index (χ1n) is 8.73. The first-order chi connectivity index (χ1) is 12.4. The summed E-state index contributed by atoms with van der Waals surface area (Å²) in [5.41, 5.74) is 2.76. The summed E-state index contributed by atoms with van der Waals surface area (Å²) in [4.78, 5) is 27.0. The number of amides is 1. The van der Waals surface area contributed by atoms with E-state index in [4.69, 9.17) is 11.6 Å². The van der Waals surface area contributed by atoms with Crippen LogP contribution in [0.2, 0.25) is 5.02 Å². The van der Waals surface area contributed by atoms with Crippen LogP contribution in [-0.2, 0) is 0 Å². The monoisotopic (exact) mass is 373 g/mol. The first-order valence-corrected chi connectivity index (χ1v) is 9.11. The molecule has 1 aliphatic rings.